The number of rotatable bonds is 4. The Morgan fingerprint density at radius 1 is 1.11 bits per heavy atom. The molecule has 1 aliphatic carbocycles. The predicted molar refractivity (Wildman–Crippen MR) is 108 cm³/mol. The summed E-state index contributed by atoms with van der Waals surface area (Å²) in [6.45, 7) is 0.678. The molecule has 2 N–H and O–H groups in total. The van der Waals surface area contributed by atoms with E-state index in [0.29, 0.717) is 18.3 Å². The summed E-state index contributed by atoms with van der Waals surface area (Å²) in [5.74, 6) is 1.04. The first kappa shape index (κ1) is 18.6. The van der Waals surface area contributed by atoms with Crippen molar-refractivity contribution < 1.29 is 4.52 Å². The highest BCUT2D eigenvalue weighted by molar-refractivity contribution is 5.85. The molecule has 3 aromatic heterocycles. The minimum Gasteiger partial charge on any atom is -0.334 e. The van der Waals surface area contributed by atoms with Gasteiger partial charge >= 0.3 is 0 Å². The van der Waals surface area contributed by atoms with Gasteiger partial charge in [-0.3, -0.25) is 0 Å². The van der Waals surface area contributed by atoms with Gasteiger partial charge in [0.25, 0.3) is 5.89 Å². The Morgan fingerprint density at radius 3 is 2.68 bits per heavy atom. The highest BCUT2D eigenvalue weighted by Gasteiger charge is 2.36. The van der Waals surface area contributed by atoms with E-state index in [1.165, 1.54) is 5.56 Å². The normalized spacial score (nSPS) is 15.6. The second-order valence-corrected chi connectivity index (χ2v) is 7.21. The number of pyridine rings is 1. The highest BCUT2D eigenvalue weighted by Crippen LogP contribution is 2.35. The lowest BCUT2D eigenvalue weighted by Crippen LogP contribution is -2.34. The number of aromatic nitrogens is 5. The third-order valence-corrected chi connectivity index (χ3v) is 5.27. The van der Waals surface area contributed by atoms with Crippen molar-refractivity contribution in [1.82, 2.24) is 24.9 Å². The summed E-state index contributed by atoms with van der Waals surface area (Å²) in [6, 6.07) is 12.2. The van der Waals surface area contributed by atoms with Crippen molar-refractivity contribution in [2.45, 2.75) is 37.8 Å². The molecule has 0 radical (unpaired) electrons. The van der Waals surface area contributed by atoms with Crippen LogP contribution in [0.25, 0.3) is 22.5 Å². The smallest absolute Gasteiger partial charge is 0.259 e. The quantitative estimate of drug-likeness (QED) is 0.565. The van der Waals surface area contributed by atoms with Crippen LogP contribution in [0.2, 0.25) is 0 Å². The van der Waals surface area contributed by atoms with Crippen molar-refractivity contribution in [2.24, 2.45) is 5.73 Å². The van der Waals surface area contributed by atoms with E-state index in [1.54, 1.807) is 6.20 Å². The molecular formula is C20H21ClN6O. The van der Waals surface area contributed by atoms with Crippen molar-refractivity contribution in [2.75, 3.05) is 0 Å². The standard InChI is InChI=1S/C20H20N6O.ClH/c21-20(8-4-5-9-20)19-24-18(27-25-19)16-10-15-12-23-26(17(15)22-11-16)13-14-6-2-1-3-7-14;/h1-3,6-7,10-12H,4-5,8-9,13,21H2;1H. The molecule has 1 aliphatic rings. The van der Waals surface area contributed by atoms with Gasteiger partial charge in [-0.05, 0) is 24.5 Å². The summed E-state index contributed by atoms with van der Waals surface area (Å²) < 4.78 is 7.36. The number of nitrogens with zero attached hydrogens (tertiary/aromatic N) is 5. The van der Waals surface area contributed by atoms with E-state index in [0.717, 1.165) is 42.3 Å². The molecule has 0 unspecified atom stereocenters. The van der Waals surface area contributed by atoms with Crippen molar-refractivity contribution in [3.8, 4) is 11.5 Å². The first-order valence-electron chi connectivity index (χ1n) is 9.20. The van der Waals surface area contributed by atoms with Crippen molar-refractivity contribution in [3.63, 3.8) is 0 Å². The monoisotopic (exact) mass is 396 g/mol. The van der Waals surface area contributed by atoms with Crippen molar-refractivity contribution in [3.05, 3.63) is 60.2 Å². The summed E-state index contributed by atoms with van der Waals surface area (Å²) in [4.78, 5) is 9.12. The van der Waals surface area contributed by atoms with Crippen LogP contribution in [0.4, 0.5) is 0 Å². The molecule has 1 fully saturated rings. The van der Waals surface area contributed by atoms with Gasteiger partial charge in [0.2, 0.25) is 0 Å². The van der Waals surface area contributed by atoms with Gasteiger partial charge < -0.3 is 10.3 Å². The van der Waals surface area contributed by atoms with Gasteiger partial charge in [0.15, 0.2) is 11.5 Å². The molecule has 7 nitrogen and oxygen atoms in total. The Labute approximate surface area is 168 Å². The van der Waals surface area contributed by atoms with Gasteiger partial charge in [-0.1, -0.05) is 48.3 Å². The molecule has 5 rings (SSSR count). The molecule has 0 spiro atoms. The van der Waals surface area contributed by atoms with Gasteiger partial charge in [0.1, 0.15) is 0 Å². The predicted octanol–water partition coefficient (Wildman–Crippen LogP) is 3.68. The second kappa shape index (κ2) is 7.33. The van der Waals surface area contributed by atoms with Crippen LogP contribution in [0.15, 0.2) is 53.3 Å². The van der Waals surface area contributed by atoms with Gasteiger partial charge in [0.05, 0.1) is 23.8 Å². The summed E-state index contributed by atoms with van der Waals surface area (Å²) in [7, 11) is 0. The van der Waals surface area contributed by atoms with E-state index in [9.17, 15) is 0 Å². The van der Waals surface area contributed by atoms with Gasteiger partial charge in [0, 0.05) is 11.6 Å². The number of hydrogen-bond donors (Lipinski definition) is 1. The number of benzene rings is 1. The van der Waals surface area contributed by atoms with Crippen LogP contribution in [0.5, 0.6) is 0 Å². The lowest BCUT2D eigenvalue weighted by molar-refractivity contribution is 0.372. The Morgan fingerprint density at radius 2 is 1.89 bits per heavy atom. The topological polar surface area (TPSA) is 95.6 Å². The van der Waals surface area contributed by atoms with Gasteiger partial charge in [-0.15, -0.1) is 12.4 Å². The molecule has 0 atom stereocenters. The van der Waals surface area contributed by atoms with Crippen LogP contribution in [0, 0.1) is 0 Å². The summed E-state index contributed by atoms with van der Waals surface area (Å²) in [5.41, 5.74) is 8.75. The summed E-state index contributed by atoms with van der Waals surface area (Å²) in [5, 5.41) is 9.54. The van der Waals surface area contributed by atoms with Crippen LogP contribution in [0.1, 0.15) is 37.1 Å². The Hall–Kier alpha value is -2.77. The lowest BCUT2D eigenvalue weighted by Gasteiger charge is -2.17. The van der Waals surface area contributed by atoms with Crippen LogP contribution >= 0.6 is 12.4 Å². The van der Waals surface area contributed by atoms with E-state index in [1.807, 2.05) is 35.1 Å². The maximum Gasteiger partial charge on any atom is 0.259 e. The van der Waals surface area contributed by atoms with E-state index < -0.39 is 5.54 Å². The number of halogens is 1. The molecule has 0 amide bonds. The van der Waals surface area contributed by atoms with Crippen LogP contribution in [0.3, 0.4) is 0 Å². The zero-order chi connectivity index (χ0) is 18.3. The summed E-state index contributed by atoms with van der Waals surface area (Å²) in [6.07, 6.45) is 7.57. The molecule has 0 saturated heterocycles. The fourth-order valence-corrected chi connectivity index (χ4v) is 3.73. The minimum atomic E-state index is -0.458. The molecular weight excluding hydrogens is 376 g/mol. The van der Waals surface area contributed by atoms with Crippen LogP contribution in [-0.2, 0) is 12.1 Å². The molecule has 1 saturated carbocycles. The maximum atomic E-state index is 6.43. The minimum absolute atomic E-state index is 0. The van der Waals surface area contributed by atoms with Crippen LogP contribution in [-0.4, -0.2) is 24.9 Å². The first-order chi connectivity index (χ1) is 13.2. The van der Waals surface area contributed by atoms with Crippen molar-refractivity contribution in [1.29, 1.82) is 0 Å². The molecule has 0 bridgehead atoms. The third kappa shape index (κ3) is 3.27. The largest absolute Gasteiger partial charge is 0.334 e. The molecule has 4 aromatic rings. The summed E-state index contributed by atoms with van der Waals surface area (Å²) >= 11 is 0. The highest BCUT2D eigenvalue weighted by atomic mass is 35.5. The average molecular weight is 397 g/mol. The molecule has 3 heterocycles. The lowest BCUT2D eigenvalue weighted by atomic mass is 9.99. The Kier molecular flexibility index (Phi) is 4.87. The van der Waals surface area contributed by atoms with Gasteiger partial charge in [-0.25, -0.2) is 9.67 Å². The SMILES string of the molecule is Cl.NC1(c2noc(-c3cnc4c(cnn4Cc4ccccc4)c3)n2)CCCC1. The fraction of sp³-hybridized carbons (Fsp3) is 0.300. The van der Waals surface area contributed by atoms with Crippen LogP contribution < -0.4 is 5.73 Å². The Bertz CT molecular complexity index is 1080. The zero-order valence-corrected chi connectivity index (χ0v) is 16.1. The number of fused-ring (bicyclic) bond motifs is 1. The van der Waals surface area contributed by atoms with Crippen molar-refractivity contribution >= 4 is 23.4 Å². The van der Waals surface area contributed by atoms with E-state index in [4.69, 9.17) is 10.3 Å². The molecule has 28 heavy (non-hydrogen) atoms. The molecule has 0 aliphatic heterocycles. The molecule has 8 heteroatoms. The number of hydrogen-bond acceptors (Lipinski definition) is 6. The number of nitrogens with two attached hydrogens (primary N) is 1. The third-order valence-electron chi connectivity index (χ3n) is 5.27. The van der Waals surface area contributed by atoms with E-state index in [-0.39, 0.29) is 12.4 Å². The molecule has 1 aromatic carbocycles. The molecule has 144 valence electrons. The Balaban J connectivity index is 0.00000192. The second-order valence-electron chi connectivity index (χ2n) is 7.21. The zero-order valence-electron chi connectivity index (χ0n) is 15.3. The maximum absolute atomic E-state index is 6.43. The van der Waals surface area contributed by atoms with E-state index in [2.05, 4.69) is 32.4 Å². The average Bonchev–Trinajstić information content (AvgIpc) is 3.43. The van der Waals surface area contributed by atoms with Gasteiger partial charge in [-0.2, -0.15) is 10.1 Å². The van der Waals surface area contributed by atoms with E-state index >= 15 is 0 Å². The fourth-order valence-electron chi connectivity index (χ4n) is 3.73. The first-order valence-corrected chi connectivity index (χ1v) is 9.20.